The summed E-state index contributed by atoms with van der Waals surface area (Å²) >= 11 is 0. The van der Waals surface area contributed by atoms with Gasteiger partial charge in [0.1, 0.15) is 0 Å². The van der Waals surface area contributed by atoms with E-state index in [1.54, 1.807) is 13.0 Å². The zero-order chi connectivity index (χ0) is 13.5. The molecule has 0 aromatic heterocycles. The Hall–Kier alpha value is -1.42. The monoisotopic (exact) mass is 250 g/mol. The van der Waals surface area contributed by atoms with Gasteiger partial charge in [-0.25, -0.2) is 0 Å². The minimum atomic E-state index is -0.320. The van der Waals surface area contributed by atoms with E-state index in [2.05, 4.69) is 19.2 Å². The number of rotatable bonds is 7. The molecule has 0 bridgehead atoms. The van der Waals surface area contributed by atoms with Crippen LogP contribution in [0.2, 0.25) is 0 Å². The topological polar surface area (TPSA) is 55.2 Å². The van der Waals surface area contributed by atoms with Gasteiger partial charge >= 0.3 is 0 Å². The number of nitrogens with one attached hydrogen (secondary N) is 1. The minimum Gasteiger partial charge on any atom is -0.310 e. The Labute approximate surface area is 109 Å². The van der Waals surface area contributed by atoms with Gasteiger partial charge in [-0.2, -0.15) is 0 Å². The van der Waals surface area contributed by atoms with Crippen LogP contribution in [0.5, 0.6) is 0 Å². The van der Waals surface area contributed by atoms with Crippen molar-refractivity contribution in [3.8, 4) is 0 Å². The van der Waals surface area contributed by atoms with Gasteiger partial charge in [0, 0.05) is 24.2 Å². The Morgan fingerprint density at radius 1 is 1.44 bits per heavy atom. The van der Waals surface area contributed by atoms with E-state index in [4.69, 9.17) is 0 Å². The first-order valence-corrected chi connectivity index (χ1v) is 6.52. The average molecular weight is 250 g/mol. The first-order chi connectivity index (χ1) is 8.54. The zero-order valence-electron chi connectivity index (χ0n) is 11.4. The third-order valence-electron chi connectivity index (χ3n) is 3.12. The molecule has 4 nitrogen and oxygen atoms in total. The quantitative estimate of drug-likeness (QED) is 0.594. The molecule has 0 spiro atoms. The smallest absolute Gasteiger partial charge is 0.272 e. The van der Waals surface area contributed by atoms with Gasteiger partial charge in [-0.1, -0.05) is 31.9 Å². The van der Waals surface area contributed by atoms with Crippen LogP contribution in [0.25, 0.3) is 0 Å². The predicted octanol–water partition coefficient (Wildman–Crippen LogP) is 3.57. The molecule has 1 N–H and O–H groups in total. The lowest BCUT2D eigenvalue weighted by atomic mass is 10.1. The second-order valence-corrected chi connectivity index (χ2v) is 4.80. The molecule has 1 rings (SSSR count). The molecule has 1 aromatic carbocycles. The maximum Gasteiger partial charge on any atom is 0.272 e. The second-order valence-electron chi connectivity index (χ2n) is 4.80. The summed E-state index contributed by atoms with van der Waals surface area (Å²) in [6.45, 7) is 6.78. The first-order valence-electron chi connectivity index (χ1n) is 6.52. The average Bonchev–Trinajstić information content (AvgIpc) is 2.35. The fourth-order valence-electron chi connectivity index (χ4n) is 1.87. The molecule has 1 unspecified atom stereocenters. The van der Waals surface area contributed by atoms with E-state index in [1.807, 2.05) is 12.1 Å². The molecule has 4 heteroatoms. The molecule has 0 aliphatic rings. The van der Waals surface area contributed by atoms with Crippen LogP contribution in [-0.2, 0) is 6.54 Å². The Balaban J connectivity index is 2.57. The maximum atomic E-state index is 10.8. The van der Waals surface area contributed by atoms with Gasteiger partial charge in [0.15, 0.2) is 0 Å². The molecule has 1 aromatic rings. The summed E-state index contributed by atoms with van der Waals surface area (Å²) in [6.07, 6.45) is 3.55. The van der Waals surface area contributed by atoms with Crippen molar-refractivity contribution in [2.24, 2.45) is 0 Å². The van der Waals surface area contributed by atoms with Crippen molar-refractivity contribution in [2.75, 3.05) is 0 Å². The third kappa shape index (κ3) is 4.45. The summed E-state index contributed by atoms with van der Waals surface area (Å²) in [4.78, 5) is 10.5. The molecule has 0 heterocycles. The highest BCUT2D eigenvalue weighted by Crippen LogP contribution is 2.19. The van der Waals surface area contributed by atoms with Gasteiger partial charge < -0.3 is 5.32 Å². The van der Waals surface area contributed by atoms with Crippen LogP contribution < -0.4 is 5.32 Å². The predicted molar refractivity (Wildman–Crippen MR) is 73.7 cm³/mol. The molecule has 0 fully saturated rings. The van der Waals surface area contributed by atoms with Gasteiger partial charge in [0.25, 0.3) is 5.69 Å². The van der Waals surface area contributed by atoms with Crippen molar-refractivity contribution in [2.45, 2.75) is 52.6 Å². The van der Waals surface area contributed by atoms with Gasteiger partial charge in [0.05, 0.1) is 4.92 Å². The summed E-state index contributed by atoms with van der Waals surface area (Å²) in [6, 6.07) is 5.87. The van der Waals surface area contributed by atoms with Gasteiger partial charge in [-0.05, 0) is 25.8 Å². The summed E-state index contributed by atoms with van der Waals surface area (Å²) in [5.41, 5.74) is 1.88. The largest absolute Gasteiger partial charge is 0.310 e. The second kappa shape index (κ2) is 7.11. The number of benzene rings is 1. The highest BCUT2D eigenvalue weighted by Gasteiger charge is 2.11. The van der Waals surface area contributed by atoms with Crippen molar-refractivity contribution < 1.29 is 4.92 Å². The van der Waals surface area contributed by atoms with Crippen LogP contribution in [0, 0.1) is 17.0 Å². The number of aryl methyl sites for hydroxylation is 1. The zero-order valence-corrected chi connectivity index (χ0v) is 11.4. The van der Waals surface area contributed by atoms with Crippen LogP contribution in [0.1, 0.15) is 44.2 Å². The van der Waals surface area contributed by atoms with Crippen molar-refractivity contribution in [3.63, 3.8) is 0 Å². The van der Waals surface area contributed by atoms with E-state index in [0.717, 1.165) is 12.0 Å². The van der Waals surface area contributed by atoms with Crippen molar-refractivity contribution in [1.29, 1.82) is 0 Å². The number of nitro benzene ring substituents is 1. The Morgan fingerprint density at radius 2 is 2.17 bits per heavy atom. The molecule has 0 aliphatic heterocycles. The summed E-state index contributed by atoms with van der Waals surface area (Å²) in [5, 5.41) is 14.2. The molecule has 0 saturated carbocycles. The summed E-state index contributed by atoms with van der Waals surface area (Å²) in [7, 11) is 0. The molecular formula is C14H22N2O2. The van der Waals surface area contributed by atoms with Crippen molar-refractivity contribution in [3.05, 3.63) is 39.4 Å². The molecule has 18 heavy (non-hydrogen) atoms. The molecule has 1 atom stereocenters. The van der Waals surface area contributed by atoms with E-state index in [9.17, 15) is 10.1 Å². The first kappa shape index (κ1) is 14.6. The lowest BCUT2D eigenvalue weighted by Crippen LogP contribution is -2.25. The number of unbranched alkanes of at least 4 members (excludes halogenated alkanes) is 1. The lowest BCUT2D eigenvalue weighted by molar-refractivity contribution is -0.385. The normalized spacial score (nSPS) is 12.4. The number of hydrogen-bond acceptors (Lipinski definition) is 3. The van der Waals surface area contributed by atoms with Gasteiger partial charge in [-0.15, -0.1) is 0 Å². The van der Waals surface area contributed by atoms with E-state index in [-0.39, 0.29) is 10.6 Å². The minimum absolute atomic E-state index is 0.204. The van der Waals surface area contributed by atoms with Gasteiger partial charge in [-0.3, -0.25) is 10.1 Å². The number of nitro groups is 1. The summed E-state index contributed by atoms with van der Waals surface area (Å²) in [5.74, 6) is 0. The molecular weight excluding hydrogens is 228 g/mol. The van der Waals surface area contributed by atoms with Crippen LogP contribution in [0.4, 0.5) is 5.69 Å². The Bertz CT molecular complexity index is 405. The van der Waals surface area contributed by atoms with Crippen LogP contribution >= 0.6 is 0 Å². The lowest BCUT2D eigenvalue weighted by Gasteiger charge is -2.13. The fourth-order valence-corrected chi connectivity index (χ4v) is 1.87. The number of hydrogen-bond donors (Lipinski definition) is 1. The molecule has 100 valence electrons. The van der Waals surface area contributed by atoms with E-state index in [0.29, 0.717) is 18.2 Å². The Morgan fingerprint density at radius 3 is 2.78 bits per heavy atom. The van der Waals surface area contributed by atoms with E-state index in [1.165, 1.54) is 12.8 Å². The number of nitrogens with zero attached hydrogens (tertiary/aromatic N) is 1. The fraction of sp³-hybridized carbons (Fsp3) is 0.571. The standard InChI is InChI=1S/C14H22N2O2/c1-4-5-6-12(3)15-10-13-8-7-11(2)14(9-13)16(17)18/h7-9,12,15H,4-6,10H2,1-3H3. The van der Waals surface area contributed by atoms with Crippen LogP contribution in [0.15, 0.2) is 18.2 Å². The van der Waals surface area contributed by atoms with Crippen LogP contribution in [-0.4, -0.2) is 11.0 Å². The van der Waals surface area contributed by atoms with E-state index >= 15 is 0 Å². The van der Waals surface area contributed by atoms with E-state index < -0.39 is 0 Å². The molecule has 0 aliphatic carbocycles. The molecule has 0 saturated heterocycles. The maximum absolute atomic E-state index is 10.8. The molecule has 0 radical (unpaired) electrons. The van der Waals surface area contributed by atoms with Crippen molar-refractivity contribution >= 4 is 5.69 Å². The third-order valence-corrected chi connectivity index (χ3v) is 3.12. The SMILES string of the molecule is CCCCC(C)NCc1ccc(C)c([N+](=O)[O-])c1. The van der Waals surface area contributed by atoms with Crippen molar-refractivity contribution in [1.82, 2.24) is 5.32 Å². The highest BCUT2D eigenvalue weighted by molar-refractivity contribution is 5.42. The highest BCUT2D eigenvalue weighted by atomic mass is 16.6. The van der Waals surface area contributed by atoms with Gasteiger partial charge in [0.2, 0.25) is 0 Å². The van der Waals surface area contributed by atoms with Crippen LogP contribution in [0.3, 0.4) is 0 Å². The Kier molecular flexibility index (Phi) is 5.78. The molecule has 0 amide bonds. The summed E-state index contributed by atoms with van der Waals surface area (Å²) < 4.78 is 0.